The Kier molecular flexibility index (Phi) is 6.79. The zero-order chi connectivity index (χ0) is 14.7. The van der Waals surface area contributed by atoms with E-state index in [1.54, 1.807) is 0 Å². The predicted molar refractivity (Wildman–Crippen MR) is 114 cm³/mol. The summed E-state index contributed by atoms with van der Waals surface area (Å²) in [5, 5.41) is 0. The fourth-order valence-corrected chi connectivity index (χ4v) is 5.78. The second-order valence-corrected chi connectivity index (χ2v) is 8.73. The Morgan fingerprint density at radius 2 is 1.45 bits per heavy atom. The molecule has 6 heteroatoms. The molecule has 0 aliphatic heterocycles. The van der Waals surface area contributed by atoms with Crippen LogP contribution < -0.4 is 4.74 Å². The van der Waals surface area contributed by atoms with Crippen molar-refractivity contribution in [2.75, 3.05) is 6.61 Å². The van der Waals surface area contributed by atoms with E-state index in [4.69, 9.17) is 4.74 Å². The van der Waals surface area contributed by atoms with Crippen molar-refractivity contribution >= 4 is 96.1 Å². The van der Waals surface area contributed by atoms with Crippen LogP contribution in [-0.2, 0) is 0 Å². The molecule has 0 fully saturated rings. The third kappa shape index (κ3) is 4.66. The Balaban J connectivity index is 2.09. The molecule has 0 atom stereocenters. The van der Waals surface area contributed by atoms with Crippen molar-refractivity contribution in [3.05, 3.63) is 56.2 Å². The van der Waals surface area contributed by atoms with E-state index in [-0.39, 0.29) is 12.4 Å². The summed E-state index contributed by atoms with van der Waals surface area (Å²) in [6, 6.07) is 11.6. The molecule has 0 N–H and O–H groups in total. The van der Waals surface area contributed by atoms with Gasteiger partial charge in [0.05, 0.1) is 7.14 Å². The summed E-state index contributed by atoms with van der Waals surface area (Å²) in [4.78, 5) is 12.1. The summed E-state index contributed by atoms with van der Waals surface area (Å²) in [5.74, 6) is 0.775. The second-order valence-electron chi connectivity index (χ2n) is 3.92. The molecule has 2 nitrogen and oxygen atoms in total. The molecule has 20 heavy (non-hydrogen) atoms. The van der Waals surface area contributed by atoms with Crippen LogP contribution in [0.1, 0.15) is 10.4 Å². The lowest BCUT2D eigenvalue weighted by Gasteiger charge is -2.10. The summed E-state index contributed by atoms with van der Waals surface area (Å²) in [6.07, 6.45) is 0. The standard InChI is InChI=1S/C14H8I4O2/c15-9-3-1-8(2-4-9)13(19)7-20-14-11(17)5-10(16)6-12(14)18/h1-6H,7H2. The molecule has 0 aliphatic carbocycles. The van der Waals surface area contributed by atoms with E-state index < -0.39 is 0 Å². The molecule has 0 radical (unpaired) electrons. The van der Waals surface area contributed by atoms with Crippen LogP contribution in [0.15, 0.2) is 36.4 Å². The number of rotatable bonds is 4. The van der Waals surface area contributed by atoms with Crippen LogP contribution in [0, 0.1) is 14.3 Å². The van der Waals surface area contributed by atoms with E-state index in [2.05, 4.69) is 90.4 Å². The molecule has 0 heterocycles. The van der Waals surface area contributed by atoms with Crippen LogP contribution in [0.4, 0.5) is 0 Å². The summed E-state index contributed by atoms with van der Waals surface area (Å²) in [7, 11) is 0. The molecule has 2 aromatic rings. The van der Waals surface area contributed by atoms with E-state index in [9.17, 15) is 4.79 Å². The summed E-state index contributed by atoms with van der Waals surface area (Å²) in [6.45, 7) is 0.0627. The van der Waals surface area contributed by atoms with Gasteiger partial charge >= 0.3 is 0 Å². The van der Waals surface area contributed by atoms with Gasteiger partial charge in [-0.3, -0.25) is 4.79 Å². The smallest absolute Gasteiger partial charge is 0.200 e. The fraction of sp³-hybridized carbons (Fsp3) is 0.0714. The molecule has 0 amide bonds. The van der Waals surface area contributed by atoms with Crippen molar-refractivity contribution in [1.82, 2.24) is 0 Å². The first kappa shape index (κ1) is 17.2. The summed E-state index contributed by atoms with van der Waals surface area (Å²) >= 11 is 8.95. The molecular formula is C14H8I4O2. The molecule has 0 unspecified atom stereocenters. The number of ether oxygens (including phenoxy) is 1. The average molecular weight is 716 g/mol. The SMILES string of the molecule is O=C(COc1c(I)cc(I)cc1I)c1ccc(I)cc1. The van der Waals surface area contributed by atoms with Crippen LogP contribution in [0.25, 0.3) is 0 Å². The number of hydrogen-bond acceptors (Lipinski definition) is 2. The third-order valence-corrected chi connectivity index (χ3v) is 5.42. The second kappa shape index (κ2) is 7.90. The quantitative estimate of drug-likeness (QED) is 0.315. The van der Waals surface area contributed by atoms with Crippen molar-refractivity contribution < 1.29 is 9.53 Å². The molecule has 0 bridgehead atoms. The lowest BCUT2D eigenvalue weighted by atomic mass is 10.1. The lowest BCUT2D eigenvalue weighted by Crippen LogP contribution is -2.12. The van der Waals surface area contributed by atoms with E-state index in [0.717, 1.165) is 20.0 Å². The van der Waals surface area contributed by atoms with Crippen LogP contribution in [-0.4, -0.2) is 12.4 Å². The summed E-state index contributed by atoms with van der Waals surface area (Å²) in [5.41, 5.74) is 0.681. The number of Topliss-reactive ketones (excluding diaryl/α,β-unsaturated/α-hetero) is 1. The Bertz CT molecular complexity index is 615. The molecule has 0 aliphatic rings. The fourth-order valence-electron chi connectivity index (χ4n) is 1.52. The maximum absolute atomic E-state index is 12.1. The molecule has 0 saturated carbocycles. The highest BCUT2D eigenvalue weighted by Crippen LogP contribution is 2.29. The van der Waals surface area contributed by atoms with Crippen molar-refractivity contribution in [3.63, 3.8) is 0 Å². The first-order chi connectivity index (χ1) is 9.47. The van der Waals surface area contributed by atoms with Crippen molar-refractivity contribution in [2.45, 2.75) is 0 Å². The largest absolute Gasteiger partial charge is 0.483 e. The van der Waals surface area contributed by atoms with Gasteiger partial charge in [-0.1, -0.05) is 12.1 Å². The van der Waals surface area contributed by atoms with Gasteiger partial charge in [-0.25, -0.2) is 0 Å². The average Bonchev–Trinajstić information content (AvgIpc) is 2.38. The van der Waals surface area contributed by atoms with Gasteiger partial charge in [-0.2, -0.15) is 0 Å². The molecule has 0 aromatic heterocycles. The minimum Gasteiger partial charge on any atom is -0.483 e. The zero-order valence-electron chi connectivity index (χ0n) is 10.00. The topological polar surface area (TPSA) is 26.3 Å². The van der Waals surface area contributed by atoms with E-state index in [0.29, 0.717) is 5.56 Å². The van der Waals surface area contributed by atoms with Crippen LogP contribution in [0.2, 0.25) is 0 Å². The van der Waals surface area contributed by atoms with Crippen LogP contribution in [0.5, 0.6) is 5.75 Å². The van der Waals surface area contributed by atoms with Gasteiger partial charge in [0.25, 0.3) is 0 Å². The number of ketones is 1. The number of carbonyl (C=O) groups is 1. The lowest BCUT2D eigenvalue weighted by molar-refractivity contribution is 0.0920. The molecule has 0 saturated heterocycles. The molecule has 104 valence electrons. The van der Waals surface area contributed by atoms with Gasteiger partial charge in [-0.15, -0.1) is 0 Å². The minimum absolute atomic E-state index is 0.00782. The minimum atomic E-state index is -0.00782. The highest BCUT2D eigenvalue weighted by Gasteiger charge is 2.11. The normalized spacial score (nSPS) is 10.4. The first-order valence-corrected chi connectivity index (χ1v) is 9.85. The first-order valence-electron chi connectivity index (χ1n) is 5.53. The van der Waals surface area contributed by atoms with Gasteiger partial charge in [-0.05, 0) is 115 Å². The molecule has 2 rings (SSSR count). The molecule has 2 aromatic carbocycles. The van der Waals surface area contributed by atoms with Gasteiger partial charge in [0.2, 0.25) is 0 Å². The zero-order valence-corrected chi connectivity index (χ0v) is 18.6. The highest BCUT2D eigenvalue weighted by molar-refractivity contribution is 14.1. The van der Waals surface area contributed by atoms with Gasteiger partial charge < -0.3 is 4.74 Å². The van der Waals surface area contributed by atoms with Crippen LogP contribution >= 0.6 is 90.4 Å². The number of carbonyl (C=O) groups excluding carboxylic acids is 1. The van der Waals surface area contributed by atoms with Crippen molar-refractivity contribution in [3.8, 4) is 5.75 Å². The van der Waals surface area contributed by atoms with Crippen LogP contribution in [0.3, 0.4) is 0 Å². The molecular weight excluding hydrogens is 708 g/mol. The third-order valence-electron chi connectivity index (χ3n) is 2.48. The predicted octanol–water partition coefficient (Wildman–Crippen LogP) is 5.37. The van der Waals surface area contributed by atoms with Gasteiger partial charge in [0.1, 0.15) is 5.75 Å². The van der Waals surface area contributed by atoms with E-state index >= 15 is 0 Å². The maximum atomic E-state index is 12.1. The van der Waals surface area contributed by atoms with E-state index in [1.807, 2.05) is 36.4 Å². The molecule has 0 spiro atoms. The summed E-state index contributed by atoms with van der Waals surface area (Å²) < 4.78 is 10.0. The highest BCUT2D eigenvalue weighted by atomic mass is 127. The van der Waals surface area contributed by atoms with Crippen molar-refractivity contribution in [1.29, 1.82) is 0 Å². The van der Waals surface area contributed by atoms with Gasteiger partial charge in [0, 0.05) is 12.7 Å². The Morgan fingerprint density at radius 3 is 2.00 bits per heavy atom. The number of hydrogen-bond donors (Lipinski definition) is 0. The van der Waals surface area contributed by atoms with E-state index in [1.165, 1.54) is 0 Å². The van der Waals surface area contributed by atoms with Gasteiger partial charge in [0.15, 0.2) is 12.4 Å². The number of halogens is 4. The monoisotopic (exact) mass is 716 g/mol. The Labute approximate surface area is 172 Å². The Hall–Kier alpha value is 0.830. The Morgan fingerprint density at radius 1 is 0.900 bits per heavy atom. The maximum Gasteiger partial charge on any atom is 0.200 e. The number of benzene rings is 2. The van der Waals surface area contributed by atoms with Crippen molar-refractivity contribution in [2.24, 2.45) is 0 Å².